The molecule has 0 unspecified atom stereocenters. The predicted octanol–water partition coefficient (Wildman–Crippen LogP) is 0.522. The highest BCUT2D eigenvalue weighted by Gasteiger charge is 2.30. The van der Waals surface area contributed by atoms with Gasteiger partial charge >= 0.3 is 11.9 Å². The van der Waals surface area contributed by atoms with Crippen LogP contribution in [0.1, 0.15) is 38.7 Å². The van der Waals surface area contributed by atoms with Crippen molar-refractivity contribution < 1.29 is 29.4 Å². The number of hydrogen-bond donors (Lipinski definition) is 5. The highest BCUT2D eigenvalue weighted by molar-refractivity contribution is 5.92. The van der Waals surface area contributed by atoms with E-state index in [4.69, 9.17) is 10.8 Å². The van der Waals surface area contributed by atoms with Crippen molar-refractivity contribution >= 4 is 23.8 Å². The van der Waals surface area contributed by atoms with Gasteiger partial charge in [0.25, 0.3) is 0 Å². The van der Waals surface area contributed by atoms with Crippen LogP contribution in [0.2, 0.25) is 0 Å². The monoisotopic (exact) mass is 407 g/mol. The van der Waals surface area contributed by atoms with Crippen LogP contribution in [-0.4, -0.2) is 52.1 Å². The van der Waals surface area contributed by atoms with Gasteiger partial charge in [0.15, 0.2) is 0 Å². The smallest absolute Gasteiger partial charge is 0.326 e. The Labute approximate surface area is 169 Å². The second-order valence-corrected chi connectivity index (χ2v) is 7.00. The fourth-order valence-corrected chi connectivity index (χ4v) is 2.71. The molecule has 0 aliphatic rings. The molecule has 4 atom stereocenters. The lowest BCUT2D eigenvalue weighted by Gasteiger charge is -2.25. The number of rotatable bonds is 12. The summed E-state index contributed by atoms with van der Waals surface area (Å²) in [6.45, 7) is 3.47. The fraction of sp³-hybridized carbons (Fsp3) is 0.500. The summed E-state index contributed by atoms with van der Waals surface area (Å²) in [5.74, 6) is -4.04. The van der Waals surface area contributed by atoms with E-state index in [0.717, 1.165) is 5.56 Å². The Morgan fingerprint density at radius 3 is 2.17 bits per heavy atom. The van der Waals surface area contributed by atoms with E-state index in [0.29, 0.717) is 6.42 Å². The third-order valence-electron chi connectivity index (χ3n) is 4.69. The Balaban J connectivity index is 2.84. The van der Waals surface area contributed by atoms with Crippen LogP contribution in [0.3, 0.4) is 0 Å². The van der Waals surface area contributed by atoms with Crippen LogP contribution in [0.5, 0.6) is 0 Å². The number of hydrogen-bond acceptors (Lipinski definition) is 5. The number of benzene rings is 1. The zero-order valence-electron chi connectivity index (χ0n) is 16.6. The third-order valence-corrected chi connectivity index (χ3v) is 4.69. The second-order valence-electron chi connectivity index (χ2n) is 7.00. The molecule has 0 spiro atoms. The van der Waals surface area contributed by atoms with Gasteiger partial charge in [-0.25, -0.2) is 4.79 Å². The number of nitrogens with two attached hydrogens (primary N) is 1. The number of aliphatic carboxylic acids is 2. The van der Waals surface area contributed by atoms with E-state index >= 15 is 0 Å². The molecule has 9 heteroatoms. The van der Waals surface area contributed by atoms with Crippen molar-refractivity contribution in [2.75, 3.05) is 0 Å². The van der Waals surface area contributed by atoms with E-state index in [1.807, 2.05) is 30.3 Å². The van der Waals surface area contributed by atoms with Crippen molar-refractivity contribution in [2.24, 2.45) is 11.7 Å². The lowest BCUT2D eigenvalue weighted by atomic mass is 9.98. The maximum atomic E-state index is 12.6. The molecule has 0 fully saturated rings. The summed E-state index contributed by atoms with van der Waals surface area (Å²) in [6, 6.07) is 5.78. The first-order chi connectivity index (χ1) is 13.6. The molecule has 0 aliphatic heterocycles. The van der Waals surface area contributed by atoms with Gasteiger partial charge in [-0.15, -0.1) is 0 Å². The summed E-state index contributed by atoms with van der Waals surface area (Å²) in [5.41, 5.74) is 6.76. The van der Waals surface area contributed by atoms with Gasteiger partial charge in [-0.3, -0.25) is 14.4 Å². The largest absolute Gasteiger partial charge is 0.481 e. The zero-order chi connectivity index (χ0) is 22.0. The Kier molecular flexibility index (Phi) is 9.81. The molecule has 160 valence electrons. The molecular formula is C20H29N3O6. The molecule has 9 nitrogen and oxygen atoms in total. The first-order valence-electron chi connectivity index (χ1n) is 9.50. The van der Waals surface area contributed by atoms with Crippen LogP contribution >= 0.6 is 0 Å². The first-order valence-corrected chi connectivity index (χ1v) is 9.50. The average molecular weight is 407 g/mol. The summed E-state index contributed by atoms with van der Waals surface area (Å²) >= 11 is 0. The van der Waals surface area contributed by atoms with Gasteiger partial charge in [-0.2, -0.15) is 0 Å². The topological polar surface area (TPSA) is 159 Å². The van der Waals surface area contributed by atoms with Crippen LogP contribution in [0.4, 0.5) is 0 Å². The van der Waals surface area contributed by atoms with Gasteiger partial charge in [0.2, 0.25) is 11.8 Å². The number of nitrogens with one attached hydrogen (secondary N) is 2. The summed E-state index contributed by atoms with van der Waals surface area (Å²) in [5, 5.41) is 23.1. The van der Waals surface area contributed by atoms with Crippen LogP contribution in [0, 0.1) is 5.92 Å². The quantitative estimate of drug-likeness (QED) is 0.338. The highest BCUT2D eigenvalue weighted by Crippen LogP contribution is 2.10. The molecule has 1 rings (SSSR count). The molecule has 1 aromatic rings. The van der Waals surface area contributed by atoms with Gasteiger partial charge in [0, 0.05) is 6.42 Å². The molecule has 2 amide bonds. The van der Waals surface area contributed by atoms with Gasteiger partial charge in [0.1, 0.15) is 12.1 Å². The molecule has 0 saturated heterocycles. The van der Waals surface area contributed by atoms with Crippen LogP contribution in [0.15, 0.2) is 30.3 Å². The standard InChI is InChI=1S/C20H29N3O6/c1-3-12(2)17(20(28)29)23-19(27)15(9-10-16(24)25)22-18(26)14(21)11-13-7-5-4-6-8-13/h4-8,12,14-15,17H,3,9-11,21H2,1-2H3,(H,22,26)(H,23,27)(H,24,25)(H,28,29)/t12-,14-,15-,17-/m0/s1. The van der Waals surface area contributed by atoms with E-state index in [2.05, 4.69) is 10.6 Å². The maximum Gasteiger partial charge on any atom is 0.326 e. The van der Waals surface area contributed by atoms with E-state index < -0.39 is 41.9 Å². The van der Waals surface area contributed by atoms with E-state index in [1.165, 1.54) is 0 Å². The molecular weight excluding hydrogens is 378 g/mol. The van der Waals surface area contributed by atoms with E-state index in [9.17, 15) is 24.3 Å². The summed E-state index contributed by atoms with van der Waals surface area (Å²) in [6.07, 6.45) is 0.209. The van der Waals surface area contributed by atoms with Crippen LogP contribution in [-0.2, 0) is 25.6 Å². The molecule has 1 aromatic carbocycles. The number of carboxylic acid groups (broad SMARTS) is 2. The number of carbonyl (C=O) groups is 4. The van der Waals surface area contributed by atoms with E-state index in [-0.39, 0.29) is 25.2 Å². The summed E-state index contributed by atoms with van der Waals surface area (Å²) in [4.78, 5) is 47.4. The first kappa shape index (κ1) is 24.1. The number of carbonyl (C=O) groups excluding carboxylic acids is 2. The Morgan fingerprint density at radius 1 is 1.03 bits per heavy atom. The minimum absolute atomic E-state index is 0.183. The Morgan fingerprint density at radius 2 is 1.66 bits per heavy atom. The minimum atomic E-state index is -1.20. The van der Waals surface area contributed by atoms with E-state index in [1.54, 1.807) is 13.8 Å². The van der Waals surface area contributed by atoms with Crippen molar-refractivity contribution in [2.45, 2.75) is 57.7 Å². The Hall–Kier alpha value is -2.94. The highest BCUT2D eigenvalue weighted by atomic mass is 16.4. The molecule has 0 heterocycles. The van der Waals surface area contributed by atoms with Crippen molar-refractivity contribution in [1.29, 1.82) is 0 Å². The van der Waals surface area contributed by atoms with Crippen molar-refractivity contribution in [3.8, 4) is 0 Å². The summed E-state index contributed by atoms with van der Waals surface area (Å²) < 4.78 is 0. The lowest BCUT2D eigenvalue weighted by molar-refractivity contribution is -0.144. The minimum Gasteiger partial charge on any atom is -0.481 e. The van der Waals surface area contributed by atoms with Crippen molar-refractivity contribution in [3.05, 3.63) is 35.9 Å². The van der Waals surface area contributed by atoms with Crippen LogP contribution < -0.4 is 16.4 Å². The zero-order valence-corrected chi connectivity index (χ0v) is 16.6. The fourth-order valence-electron chi connectivity index (χ4n) is 2.71. The predicted molar refractivity (Wildman–Crippen MR) is 106 cm³/mol. The molecule has 29 heavy (non-hydrogen) atoms. The second kappa shape index (κ2) is 11.8. The normalized spacial score (nSPS) is 14.9. The maximum absolute atomic E-state index is 12.6. The lowest BCUT2D eigenvalue weighted by Crippen LogP contribution is -2.56. The van der Waals surface area contributed by atoms with Crippen LogP contribution in [0.25, 0.3) is 0 Å². The van der Waals surface area contributed by atoms with Gasteiger partial charge in [-0.1, -0.05) is 50.6 Å². The van der Waals surface area contributed by atoms with Crippen molar-refractivity contribution in [1.82, 2.24) is 10.6 Å². The third kappa shape index (κ3) is 8.30. The molecule has 6 N–H and O–H groups in total. The summed E-state index contributed by atoms with van der Waals surface area (Å²) in [7, 11) is 0. The molecule has 0 aromatic heterocycles. The van der Waals surface area contributed by atoms with Gasteiger partial charge < -0.3 is 26.6 Å². The number of carboxylic acids is 2. The Bertz CT molecular complexity index is 709. The van der Waals surface area contributed by atoms with Crippen molar-refractivity contribution in [3.63, 3.8) is 0 Å². The van der Waals surface area contributed by atoms with Gasteiger partial charge in [0.05, 0.1) is 6.04 Å². The molecule has 0 aliphatic carbocycles. The SMILES string of the molecule is CC[C@H](C)[C@H](NC(=O)[C@H](CCC(=O)O)NC(=O)[C@@H](N)Cc1ccccc1)C(=O)O. The molecule has 0 bridgehead atoms. The molecule has 0 radical (unpaired) electrons. The molecule has 0 saturated carbocycles. The van der Waals surface area contributed by atoms with Gasteiger partial charge in [-0.05, 0) is 24.3 Å². The average Bonchev–Trinajstić information content (AvgIpc) is 2.68. The number of amides is 2.